The summed E-state index contributed by atoms with van der Waals surface area (Å²) in [5.41, 5.74) is -0.597. The largest absolute Gasteiger partial charge is 0.462 e. The van der Waals surface area contributed by atoms with Gasteiger partial charge in [-0.25, -0.2) is 4.79 Å². The molecule has 0 aliphatic rings. The maximum atomic E-state index is 13.0. The first-order valence-corrected chi connectivity index (χ1v) is 8.65. The molecule has 0 radical (unpaired) electrons. The summed E-state index contributed by atoms with van der Waals surface area (Å²) >= 11 is 6.13. The third-order valence-corrected chi connectivity index (χ3v) is 3.99. The zero-order valence-corrected chi connectivity index (χ0v) is 15.5. The van der Waals surface area contributed by atoms with Crippen molar-refractivity contribution < 1.29 is 14.3 Å². The summed E-state index contributed by atoms with van der Waals surface area (Å²) in [6.45, 7) is 1.71. The van der Waals surface area contributed by atoms with Crippen molar-refractivity contribution in [3.8, 4) is 17.7 Å². The van der Waals surface area contributed by atoms with Gasteiger partial charge in [0.15, 0.2) is 0 Å². The first kappa shape index (κ1) is 19.1. The molecule has 3 rings (SSSR count). The summed E-state index contributed by atoms with van der Waals surface area (Å²) in [7, 11) is 0. The standard InChI is InChI=1S/C20H14ClN3O4/c1-2-27-20(26)13(12-22)11-14-18(28-16-8-4-3-7-15(16)21)23-17-9-5-6-10-24(17)19(14)25/h3-11H,2H2,1H3. The van der Waals surface area contributed by atoms with Crippen LogP contribution < -0.4 is 10.3 Å². The number of hydrogen-bond donors (Lipinski definition) is 0. The second-order valence-electron chi connectivity index (χ2n) is 5.49. The molecule has 0 fully saturated rings. The number of nitriles is 1. The number of nitrogens with zero attached hydrogens (tertiary/aromatic N) is 3. The van der Waals surface area contributed by atoms with Crippen molar-refractivity contribution in [3.63, 3.8) is 0 Å². The molecule has 28 heavy (non-hydrogen) atoms. The number of para-hydroxylation sites is 1. The second kappa shape index (κ2) is 8.37. The van der Waals surface area contributed by atoms with E-state index in [1.54, 1.807) is 55.5 Å². The van der Waals surface area contributed by atoms with Crippen LogP contribution in [0.25, 0.3) is 11.7 Å². The Morgan fingerprint density at radius 1 is 1.29 bits per heavy atom. The Hall–Kier alpha value is -3.63. The Morgan fingerprint density at radius 3 is 2.75 bits per heavy atom. The van der Waals surface area contributed by atoms with Crippen LogP contribution in [0, 0.1) is 11.3 Å². The number of ether oxygens (including phenoxy) is 2. The van der Waals surface area contributed by atoms with Crippen LogP contribution in [0.5, 0.6) is 11.6 Å². The van der Waals surface area contributed by atoms with Gasteiger partial charge in [0.2, 0.25) is 5.88 Å². The van der Waals surface area contributed by atoms with Crippen molar-refractivity contribution >= 4 is 29.3 Å². The minimum absolute atomic E-state index is 0.0757. The monoisotopic (exact) mass is 395 g/mol. The van der Waals surface area contributed by atoms with E-state index in [-0.39, 0.29) is 29.4 Å². The van der Waals surface area contributed by atoms with E-state index < -0.39 is 11.5 Å². The van der Waals surface area contributed by atoms with E-state index in [1.807, 2.05) is 0 Å². The normalized spacial score (nSPS) is 11.1. The highest BCUT2D eigenvalue weighted by Gasteiger charge is 2.18. The van der Waals surface area contributed by atoms with Gasteiger partial charge < -0.3 is 9.47 Å². The van der Waals surface area contributed by atoms with Crippen molar-refractivity contribution in [1.29, 1.82) is 5.26 Å². The molecule has 0 aliphatic carbocycles. The van der Waals surface area contributed by atoms with Crippen molar-refractivity contribution in [2.24, 2.45) is 0 Å². The van der Waals surface area contributed by atoms with Gasteiger partial charge in [0.1, 0.15) is 28.6 Å². The van der Waals surface area contributed by atoms with Gasteiger partial charge in [-0.3, -0.25) is 9.20 Å². The maximum Gasteiger partial charge on any atom is 0.348 e. The lowest BCUT2D eigenvalue weighted by Gasteiger charge is -2.11. The Kier molecular flexibility index (Phi) is 5.72. The molecule has 0 spiro atoms. The summed E-state index contributed by atoms with van der Waals surface area (Å²) in [5.74, 6) is -0.645. The van der Waals surface area contributed by atoms with Crippen molar-refractivity contribution in [1.82, 2.24) is 9.38 Å². The summed E-state index contributed by atoms with van der Waals surface area (Å²) in [6.07, 6.45) is 2.64. The lowest BCUT2D eigenvalue weighted by atomic mass is 10.2. The molecule has 1 aromatic carbocycles. The number of rotatable bonds is 5. The van der Waals surface area contributed by atoms with Crippen molar-refractivity contribution in [3.05, 3.63) is 75.2 Å². The lowest BCUT2D eigenvalue weighted by molar-refractivity contribution is -0.137. The number of carbonyl (C=O) groups excluding carboxylic acids is 1. The summed E-state index contributed by atoms with van der Waals surface area (Å²) in [4.78, 5) is 29.3. The quantitative estimate of drug-likeness (QED) is 0.372. The number of halogens is 1. The Labute approximate surface area is 165 Å². The van der Waals surface area contributed by atoms with Gasteiger partial charge in [0.25, 0.3) is 5.56 Å². The minimum atomic E-state index is -0.841. The van der Waals surface area contributed by atoms with Gasteiger partial charge in [-0.05, 0) is 37.3 Å². The molecule has 140 valence electrons. The number of hydrogen-bond acceptors (Lipinski definition) is 6. The smallest absolute Gasteiger partial charge is 0.348 e. The third kappa shape index (κ3) is 3.87. The fraction of sp³-hybridized carbons (Fsp3) is 0.100. The lowest BCUT2D eigenvalue weighted by Crippen LogP contribution is -2.19. The third-order valence-electron chi connectivity index (χ3n) is 3.68. The van der Waals surface area contributed by atoms with Gasteiger partial charge in [0, 0.05) is 6.20 Å². The van der Waals surface area contributed by atoms with E-state index in [9.17, 15) is 14.9 Å². The molecule has 8 heteroatoms. The molecule has 2 heterocycles. The van der Waals surface area contributed by atoms with E-state index >= 15 is 0 Å². The average molecular weight is 396 g/mol. The number of pyridine rings is 1. The van der Waals surface area contributed by atoms with Crippen LogP contribution >= 0.6 is 11.6 Å². The highest BCUT2D eigenvalue weighted by molar-refractivity contribution is 6.32. The molecule has 0 amide bonds. The molecule has 0 bridgehead atoms. The number of esters is 1. The SMILES string of the molecule is CCOC(=O)C(C#N)=Cc1c(Oc2ccccc2Cl)nc2ccccn2c1=O. The molecule has 0 atom stereocenters. The zero-order valence-electron chi connectivity index (χ0n) is 14.8. The van der Waals surface area contributed by atoms with E-state index in [2.05, 4.69) is 4.98 Å². The summed E-state index contributed by atoms with van der Waals surface area (Å²) in [5, 5.41) is 9.62. The molecule has 0 aliphatic heterocycles. The maximum absolute atomic E-state index is 13.0. The van der Waals surface area contributed by atoms with Crippen molar-refractivity contribution in [2.75, 3.05) is 6.61 Å². The molecule has 0 saturated heterocycles. The Bertz CT molecular complexity index is 1180. The number of carbonyl (C=O) groups is 1. The van der Waals surface area contributed by atoms with Gasteiger partial charge in [0.05, 0.1) is 11.6 Å². The van der Waals surface area contributed by atoms with Crippen molar-refractivity contribution in [2.45, 2.75) is 6.92 Å². The van der Waals surface area contributed by atoms with Crippen LogP contribution in [0.4, 0.5) is 0 Å². The Morgan fingerprint density at radius 2 is 2.04 bits per heavy atom. The van der Waals surface area contributed by atoms with Crippen LogP contribution in [0.2, 0.25) is 5.02 Å². The second-order valence-corrected chi connectivity index (χ2v) is 5.89. The highest BCUT2D eigenvalue weighted by Crippen LogP contribution is 2.30. The summed E-state index contributed by atoms with van der Waals surface area (Å²) < 4.78 is 11.9. The van der Waals surface area contributed by atoms with E-state index in [1.165, 1.54) is 10.6 Å². The molecule has 0 saturated carbocycles. The average Bonchev–Trinajstić information content (AvgIpc) is 2.70. The van der Waals surface area contributed by atoms with Crippen LogP contribution in [0.3, 0.4) is 0 Å². The fourth-order valence-electron chi connectivity index (χ4n) is 2.41. The van der Waals surface area contributed by atoms with Gasteiger partial charge in [-0.2, -0.15) is 10.2 Å². The molecule has 7 nitrogen and oxygen atoms in total. The molecular weight excluding hydrogens is 382 g/mol. The van der Waals surface area contributed by atoms with E-state index in [0.29, 0.717) is 10.7 Å². The topological polar surface area (TPSA) is 93.7 Å². The van der Waals surface area contributed by atoms with Crippen LogP contribution in [-0.2, 0) is 9.53 Å². The fourth-order valence-corrected chi connectivity index (χ4v) is 2.58. The predicted molar refractivity (Wildman–Crippen MR) is 103 cm³/mol. The molecule has 0 N–H and O–H groups in total. The van der Waals surface area contributed by atoms with Crippen LogP contribution in [-0.4, -0.2) is 22.0 Å². The number of aromatic nitrogens is 2. The van der Waals surface area contributed by atoms with E-state index in [4.69, 9.17) is 21.1 Å². The number of benzene rings is 1. The first-order chi connectivity index (χ1) is 13.5. The summed E-state index contributed by atoms with van der Waals surface area (Å²) in [6, 6.07) is 13.4. The van der Waals surface area contributed by atoms with Crippen LogP contribution in [0.15, 0.2) is 59.0 Å². The molecule has 3 aromatic rings. The molecular formula is C20H14ClN3O4. The predicted octanol–water partition coefficient (Wildman–Crippen LogP) is 3.61. The zero-order chi connectivity index (χ0) is 20.1. The highest BCUT2D eigenvalue weighted by atomic mass is 35.5. The molecule has 2 aromatic heterocycles. The van der Waals surface area contributed by atoms with E-state index in [0.717, 1.165) is 6.08 Å². The molecule has 0 unspecified atom stereocenters. The van der Waals surface area contributed by atoms with Gasteiger partial charge >= 0.3 is 5.97 Å². The Balaban J connectivity index is 2.23. The number of fused-ring (bicyclic) bond motifs is 1. The first-order valence-electron chi connectivity index (χ1n) is 8.27. The van der Waals surface area contributed by atoms with Crippen LogP contribution in [0.1, 0.15) is 12.5 Å². The minimum Gasteiger partial charge on any atom is -0.462 e. The van der Waals surface area contributed by atoms with Gasteiger partial charge in [-0.15, -0.1) is 0 Å². The van der Waals surface area contributed by atoms with Gasteiger partial charge in [-0.1, -0.05) is 29.8 Å².